The fourth-order valence-corrected chi connectivity index (χ4v) is 5.24. The molecule has 0 aromatic heterocycles. The Bertz CT molecular complexity index is 1240. The van der Waals surface area contributed by atoms with E-state index < -0.39 is 18.1 Å². The number of nitrogens with zero attached hydrogens (tertiary/aromatic N) is 1. The third kappa shape index (κ3) is 5.47. The van der Waals surface area contributed by atoms with Gasteiger partial charge in [-0.15, -0.1) is 0 Å². The number of fused-ring (bicyclic) bond motifs is 1. The number of carbonyl (C=O) groups excluding carboxylic acids is 1. The molecule has 3 aromatic carbocycles. The molecule has 5 rings (SSSR count). The number of aromatic hydroxyl groups is 1. The minimum Gasteiger partial charge on any atom is -0.504 e. The Labute approximate surface area is 216 Å². The summed E-state index contributed by atoms with van der Waals surface area (Å²) in [6.07, 6.45) is 3.03. The van der Waals surface area contributed by atoms with Crippen molar-refractivity contribution < 1.29 is 29.3 Å². The minimum absolute atomic E-state index is 0.0237. The number of carbonyl (C=O) groups is 2. The SMILES string of the molecule is O=C(O)[C@@H]1Cc2c(ccc(O)c2OCc2ccccc2)CN1C(=O)[C@@H](OC1CCCC1)c1ccccc1. The molecule has 1 fully saturated rings. The van der Waals surface area contributed by atoms with Gasteiger partial charge < -0.3 is 24.6 Å². The second kappa shape index (κ2) is 11.0. The van der Waals surface area contributed by atoms with Gasteiger partial charge in [-0.3, -0.25) is 4.79 Å². The van der Waals surface area contributed by atoms with Crippen LogP contribution in [0.2, 0.25) is 0 Å². The van der Waals surface area contributed by atoms with E-state index in [0.29, 0.717) is 11.1 Å². The molecule has 1 aliphatic heterocycles. The van der Waals surface area contributed by atoms with Crippen LogP contribution in [0, 0.1) is 0 Å². The molecule has 0 spiro atoms. The maximum atomic E-state index is 13.9. The summed E-state index contributed by atoms with van der Waals surface area (Å²) in [4.78, 5) is 27.7. The lowest BCUT2D eigenvalue weighted by molar-refractivity contribution is -0.160. The fraction of sp³-hybridized carbons (Fsp3) is 0.333. The predicted molar refractivity (Wildman–Crippen MR) is 137 cm³/mol. The predicted octanol–water partition coefficient (Wildman–Crippen LogP) is 5.01. The van der Waals surface area contributed by atoms with Crippen molar-refractivity contribution >= 4 is 11.9 Å². The first-order valence-corrected chi connectivity index (χ1v) is 12.8. The van der Waals surface area contributed by atoms with Gasteiger partial charge in [0, 0.05) is 18.5 Å². The van der Waals surface area contributed by atoms with Crippen molar-refractivity contribution in [3.63, 3.8) is 0 Å². The summed E-state index contributed by atoms with van der Waals surface area (Å²) < 4.78 is 12.3. The number of phenols is 1. The monoisotopic (exact) mass is 501 g/mol. The molecule has 1 saturated carbocycles. The summed E-state index contributed by atoms with van der Waals surface area (Å²) in [5, 5.41) is 20.7. The highest BCUT2D eigenvalue weighted by molar-refractivity contribution is 5.88. The molecule has 0 bridgehead atoms. The summed E-state index contributed by atoms with van der Waals surface area (Å²) in [7, 11) is 0. The molecular weight excluding hydrogens is 470 g/mol. The molecule has 0 saturated heterocycles. The van der Waals surface area contributed by atoms with E-state index in [1.807, 2.05) is 60.7 Å². The second-order valence-corrected chi connectivity index (χ2v) is 9.68. The lowest BCUT2D eigenvalue weighted by atomic mass is 9.91. The van der Waals surface area contributed by atoms with Crippen molar-refractivity contribution in [1.29, 1.82) is 0 Å². The normalized spacial score (nSPS) is 18.3. The van der Waals surface area contributed by atoms with E-state index in [-0.39, 0.29) is 43.1 Å². The largest absolute Gasteiger partial charge is 0.504 e. The van der Waals surface area contributed by atoms with Crippen molar-refractivity contribution in [1.82, 2.24) is 4.90 Å². The molecule has 1 amide bonds. The molecule has 1 aliphatic carbocycles. The van der Waals surface area contributed by atoms with E-state index in [0.717, 1.165) is 36.8 Å². The third-order valence-corrected chi connectivity index (χ3v) is 7.20. The van der Waals surface area contributed by atoms with Gasteiger partial charge in [-0.25, -0.2) is 4.79 Å². The maximum Gasteiger partial charge on any atom is 0.326 e. The van der Waals surface area contributed by atoms with Crippen molar-refractivity contribution in [2.75, 3.05) is 0 Å². The van der Waals surface area contributed by atoms with E-state index in [4.69, 9.17) is 9.47 Å². The molecule has 0 radical (unpaired) electrons. The quantitative estimate of drug-likeness (QED) is 0.451. The highest BCUT2D eigenvalue weighted by Crippen LogP contribution is 2.39. The van der Waals surface area contributed by atoms with E-state index in [2.05, 4.69) is 0 Å². The van der Waals surface area contributed by atoms with E-state index in [9.17, 15) is 19.8 Å². The summed E-state index contributed by atoms with van der Waals surface area (Å²) in [5.41, 5.74) is 3.00. The number of rotatable bonds is 8. The Morgan fingerprint density at radius 2 is 1.62 bits per heavy atom. The van der Waals surface area contributed by atoms with Crippen molar-refractivity contribution in [3.8, 4) is 11.5 Å². The van der Waals surface area contributed by atoms with E-state index >= 15 is 0 Å². The van der Waals surface area contributed by atoms with Crippen LogP contribution in [0.5, 0.6) is 11.5 Å². The number of carboxylic acids is 1. The molecule has 7 heteroatoms. The number of benzene rings is 3. The summed E-state index contributed by atoms with van der Waals surface area (Å²) in [5.74, 6) is -1.26. The highest BCUT2D eigenvalue weighted by Gasteiger charge is 2.40. The zero-order valence-electron chi connectivity index (χ0n) is 20.6. The Morgan fingerprint density at radius 1 is 0.946 bits per heavy atom. The average molecular weight is 502 g/mol. The Morgan fingerprint density at radius 3 is 2.30 bits per heavy atom. The highest BCUT2D eigenvalue weighted by atomic mass is 16.5. The fourth-order valence-electron chi connectivity index (χ4n) is 5.24. The lowest BCUT2D eigenvalue weighted by Crippen LogP contribution is -2.50. The van der Waals surface area contributed by atoms with Crippen LogP contribution in [-0.2, 0) is 33.9 Å². The van der Waals surface area contributed by atoms with Gasteiger partial charge >= 0.3 is 5.97 Å². The van der Waals surface area contributed by atoms with Crippen LogP contribution in [0.25, 0.3) is 0 Å². The number of hydrogen-bond donors (Lipinski definition) is 2. The third-order valence-electron chi connectivity index (χ3n) is 7.20. The van der Waals surface area contributed by atoms with Gasteiger partial charge in [-0.05, 0) is 35.6 Å². The van der Waals surface area contributed by atoms with Gasteiger partial charge in [-0.1, -0.05) is 79.6 Å². The van der Waals surface area contributed by atoms with Crippen LogP contribution in [0.3, 0.4) is 0 Å². The lowest BCUT2D eigenvalue weighted by Gasteiger charge is -2.37. The first-order chi connectivity index (χ1) is 18.0. The van der Waals surface area contributed by atoms with Gasteiger partial charge in [0.05, 0.1) is 6.10 Å². The zero-order valence-corrected chi connectivity index (χ0v) is 20.6. The number of phenolic OH excluding ortho intramolecular Hbond substituents is 1. The topological polar surface area (TPSA) is 96.3 Å². The zero-order chi connectivity index (χ0) is 25.8. The molecule has 0 unspecified atom stereocenters. The average Bonchev–Trinajstić information content (AvgIpc) is 3.44. The number of amides is 1. The second-order valence-electron chi connectivity index (χ2n) is 9.68. The number of ether oxygens (including phenoxy) is 2. The summed E-state index contributed by atoms with van der Waals surface area (Å²) >= 11 is 0. The Hall–Kier alpha value is -3.84. The maximum absolute atomic E-state index is 13.9. The van der Waals surface area contributed by atoms with E-state index in [1.165, 1.54) is 11.0 Å². The smallest absolute Gasteiger partial charge is 0.326 e. The first-order valence-electron chi connectivity index (χ1n) is 12.8. The van der Waals surface area contributed by atoms with Gasteiger partial charge in [0.2, 0.25) is 0 Å². The van der Waals surface area contributed by atoms with Crippen LogP contribution in [0.1, 0.15) is 54.0 Å². The number of aliphatic carboxylic acids is 1. The van der Waals surface area contributed by atoms with Gasteiger partial charge in [0.1, 0.15) is 12.6 Å². The molecule has 7 nitrogen and oxygen atoms in total. The number of carboxylic acid groups (broad SMARTS) is 1. The van der Waals surface area contributed by atoms with Crippen molar-refractivity contribution in [3.05, 3.63) is 95.1 Å². The minimum atomic E-state index is -1.11. The van der Waals surface area contributed by atoms with Gasteiger partial charge in [0.25, 0.3) is 5.91 Å². The van der Waals surface area contributed by atoms with Gasteiger partial charge in [0.15, 0.2) is 17.6 Å². The molecule has 2 aliphatic rings. The first kappa shape index (κ1) is 24.8. The summed E-state index contributed by atoms with van der Waals surface area (Å²) in [6.45, 7) is 0.320. The number of hydrogen-bond acceptors (Lipinski definition) is 5. The molecule has 2 atom stereocenters. The molecule has 3 aromatic rings. The molecule has 192 valence electrons. The standard InChI is InChI=1S/C30H31NO6/c32-26-16-15-22-18-31(29(33)27(21-11-5-2-6-12-21)37-23-13-7-8-14-23)25(30(34)35)17-24(22)28(26)36-19-20-9-3-1-4-10-20/h1-6,9-12,15-16,23,25,27,32H,7-8,13-14,17-19H2,(H,34,35)/t25-,27-/m0/s1. The van der Waals surface area contributed by atoms with Crippen LogP contribution < -0.4 is 4.74 Å². The van der Waals surface area contributed by atoms with E-state index in [1.54, 1.807) is 6.07 Å². The van der Waals surface area contributed by atoms with Crippen LogP contribution in [0.4, 0.5) is 0 Å². The Kier molecular flexibility index (Phi) is 7.42. The van der Waals surface area contributed by atoms with Gasteiger partial charge in [-0.2, -0.15) is 0 Å². The molecule has 2 N–H and O–H groups in total. The Balaban J connectivity index is 1.44. The van der Waals surface area contributed by atoms with Crippen LogP contribution in [0.15, 0.2) is 72.8 Å². The van der Waals surface area contributed by atoms with Crippen molar-refractivity contribution in [2.45, 2.75) is 63.5 Å². The molecule has 37 heavy (non-hydrogen) atoms. The van der Waals surface area contributed by atoms with Crippen LogP contribution >= 0.6 is 0 Å². The van der Waals surface area contributed by atoms with Crippen LogP contribution in [-0.4, -0.2) is 39.1 Å². The van der Waals surface area contributed by atoms with Crippen molar-refractivity contribution in [2.24, 2.45) is 0 Å². The molecular formula is C30H31NO6. The summed E-state index contributed by atoms with van der Waals surface area (Å²) in [6, 6.07) is 21.0. The molecule has 1 heterocycles.